The highest BCUT2D eigenvalue weighted by Crippen LogP contribution is 2.32. The number of ether oxygens (including phenoxy) is 1. The van der Waals surface area contributed by atoms with Crippen molar-refractivity contribution in [3.8, 4) is 0 Å². The summed E-state index contributed by atoms with van der Waals surface area (Å²) in [4.78, 5) is 17.3. The highest BCUT2D eigenvalue weighted by molar-refractivity contribution is 5.91. The zero-order valence-electron chi connectivity index (χ0n) is 17.9. The van der Waals surface area contributed by atoms with E-state index >= 15 is 0 Å². The van der Waals surface area contributed by atoms with E-state index in [-0.39, 0.29) is 0 Å². The summed E-state index contributed by atoms with van der Waals surface area (Å²) in [5.41, 5.74) is 9.09. The molecule has 2 saturated heterocycles. The third-order valence-corrected chi connectivity index (χ3v) is 5.72. The standard InChI is InChI=1S/C22H36N4O2/c1-16-14-18(23)19(24-21(27)28-22(2,3)4)15-20(16)26-12-8-17(9-13-26)25-10-6-5-7-11-25/h14-15,17H,5-13,23H2,1-4H3,(H,24,27). The highest BCUT2D eigenvalue weighted by atomic mass is 16.6. The largest absolute Gasteiger partial charge is 0.444 e. The summed E-state index contributed by atoms with van der Waals surface area (Å²) in [6.45, 7) is 12.2. The van der Waals surface area contributed by atoms with Crippen LogP contribution in [0.25, 0.3) is 0 Å². The first kappa shape index (κ1) is 20.8. The SMILES string of the molecule is Cc1cc(N)c(NC(=O)OC(C)(C)C)cc1N1CCC(N2CCCCC2)CC1. The number of benzene rings is 1. The molecule has 0 bridgehead atoms. The van der Waals surface area contributed by atoms with Gasteiger partial charge in [-0.3, -0.25) is 5.32 Å². The Morgan fingerprint density at radius 2 is 1.75 bits per heavy atom. The molecule has 1 aromatic rings. The molecule has 2 aliphatic heterocycles. The number of piperidine rings is 2. The molecule has 0 aliphatic carbocycles. The van der Waals surface area contributed by atoms with Crippen molar-refractivity contribution in [1.29, 1.82) is 0 Å². The number of nitrogens with zero attached hydrogens (tertiary/aromatic N) is 2. The molecular formula is C22H36N4O2. The molecule has 6 nitrogen and oxygen atoms in total. The van der Waals surface area contributed by atoms with Gasteiger partial charge >= 0.3 is 6.09 Å². The van der Waals surface area contributed by atoms with Gasteiger partial charge in [0.05, 0.1) is 11.4 Å². The first-order valence-electron chi connectivity index (χ1n) is 10.6. The molecular weight excluding hydrogens is 352 g/mol. The minimum Gasteiger partial charge on any atom is -0.444 e. The molecule has 3 rings (SSSR count). The van der Waals surface area contributed by atoms with Gasteiger partial charge in [-0.25, -0.2) is 4.79 Å². The number of hydrogen-bond acceptors (Lipinski definition) is 5. The van der Waals surface area contributed by atoms with Gasteiger partial charge in [-0.1, -0.05) is 6.42 Å². The smallest absolute Gasteiger partial charge is 0.412 e. The van der Waals surface area contributed by atoms with Crippen molar-refractivity contribution in [2.24, 2.45) is 0 Å². The van der Waals surface area contributed by atoms with Crippen molar-refractivity contribution in [1.82, 2.24) is 4.90 Å². The summed E-state index contributed by atoms with van der Waals surface area (Å²) < 4.78 is 5.37. The predicted molar refractivity (Wildman–Crippen MR) is 116 cm³/mol. The van der Waals surface area contributed by atoms with Gasteiger partial charge in [0.15, 0.2) is 0 Å². The Morgan fingerprint density at radius 1 is 1.11 bits per heavy atom. The van der Waals surface area contributed by atoms with Gasteiger partial charge in [-0.2, -0.15) is 0 Å². The van der Waals surface area contributed by atoms with Crippen molar-refractivity contribution in [3.05, 3.63) is 17.7 Å². The summed E-state index contributed by atoms with van der Waals surface area (Å²) >= 11 is 0. The Balaban J connectivity index is 1.66. The van der Waals surface area contributed by atoms with Gasteiger partial charge in [0, 0.05) is 24.8 Å². The molecule has 2 heterocycles. The molecule has 2 aliphatic rings. The number of nitrogens with one attached hydrogen (secondary N) is 1. The van der Waals surface area contributed by atoms with Gasteiger partial charge < -0.3 is 20.3 Å². The molecule has 0 unspecified atom stereocenters. The number of rotatable bonds is 3. The lowest BCUT2D eigenvalue weighted by molar-refractivity contribution is 0.0636. The number of carbonyl (C=O) groups excluding carboxylic acids is 1. The Labute approximate surface area is 169 Å². The number of amides is 1. The van der Waals surface area contributed by atoms with Crippen LogP contribution in [-0.4, -0.2) is 48.8 Å². The second-order valence-electron chi connectivity index (χ2n) is 9.17. The van der Waals surface area contributed by atoms with Crippen LogP contribution < -0.4 is 16.0 Å². The maximum absolute atomic E-state index is 12.2. The minimum atomic E-state index is -0.539. The van der Waals surface area contributed by atoms with Crippen LogP contribution in [0.4, 0.5) is 21.9 Å². The van der Waals surface area contributed by atoms with Crippen LogP contribution >= 0.6 is 0 Å². The van der Waals surface area contributed by atoms with Gasteiger partial charge in [-0.15, -0.1) is 0 Å². The molecule has 156 valence electrons. The van der Waals surface area contributed by atoms with Crippen LogP contribution in [0.1, 0.15) is 58.4 Å². The van der Waals surface area contributed by atoms with E-state index in [1.165, 1.54) is 45.2 Å². The molecule has 0 spiro atoms. The number of anilines is 3. The first-order chi connectivity index (χ1) is 13.2. The van der Waals surface area contributed by atoms with E-state index in [4.69, 9.17) is 10.5 Å². The summed E-state index contributed by atoms with van der Waals surface area (Å²) in [6.07, 6.45) is 5.98. The monoisotopic (exact) mass is 388 g/mol. The van der Waals surface area contributed by atoms with E-state index in [0.29, 0.717) is 17.4 Å². The lowest BCUT2D eigenvalue weighted by Gasteiger charge is -2.41. The van der Waals surface area contributed by atoms with Crippen molar-refractivity contribution in [2.45, 2.75) is 71.4 Å². The molecule has 1 amide bonds. The van der Waals surface area contributed by atoms with E-state index in [0.717, 1.165) is 24.3 Å². The molecule has 0 atom stereocenters. The van der Waals surface area contributed by atoms with Crippen LogP contribution in [-0.2, 0) is 4.74 Å². The second-order valence-corrected chi connectivity index (χ2v) is 9.17. The fourth-order valence-corrected chi connectivity index (χ4v) is 4.34. The summed E-state index contributed by atoms with van der Waals surface area (Å²) in [5.74, 6) is 0. The maximum Gasteiger partial charge on any atom is 0.412 e. The van der Waals surface area contributed by atoms with E-state index in [1.807, 2.05) is 32.9 Å². The normalized spacial score (nSPS) is 19.5. The Kier molecular flexibility index (Phi) is 6.38. The molecule has 1 aromatic carbocycles. The van der Waals surface area contributed by atoms with Crippen molar-refractivity contribution < 1.29 is 9.53 Å². The quantitative estimate of drug-likeness (QED) is 0.752. The Hall–Kier alpha value is -1.95. The Morgan fingerprint density at radius 3 is 2.36 bits per heavy atom. The van der Waals surface area contributed by atoms with Crippen LogP contribution in [0.15, 0.2) is 12.1 Å². The summed E-state index contributed by atoms with van der Waals surface area (Å²) in [5, 5.41) is 2.81. The van der Waals surface area contributed by atoms with Crippen molar-refractivity contribution >= 4 is 23.2 Å². The third-order valence-electron chi connectivity index (χ3n) is 5.72. The van der Waals surface area contributed by atoms with E-state index in [1.54, 1.807) is 0 Å². The molecule has 28 heavy (non-hydrogen) atoms. The Bertz CT molecular complexity index is 685. The number of carbonyl (C=O) groups is 1. The van der Waals surface area contributed by atoms with Crippen LogP contribution in [0.2, 0.25) is 0 Å². The van der Waals surface area contributed by atoms with Crippen LogP contribution in [0, 0.1) is 6.92 Å². The lowest BCUT2D eigenvalue weighted by Crippen LogP contribution is -2.46. The van der Waals surface area contributed by atoms with Crippen molar-refractivity contribution in [3.63, 3.8) is 0 Å². The zero-order valence-corrected chi connectivity index (χ0v) is 17.9. The molecule has 0 saturated carbocycles. The highest BCUT2D eigenvalue weighted by Gasteiger charge is 2.26. The number of nitrogen functional groups attached to an aromatic ring is 1. The van der Waals surface area contributed by atoms with Gasteiger partial charge in [0.1, 0.15) is 5.60 Å². The average molecular weight is 389 g/mol. The fraction of sp³-hybridized carbons (Fsp3) is 0.682. The van der Waals surface area contributed by atoms with Gasteiger partial charge in [0.25, 0.3) is 0 Å². The maximum atomic E-state index is 12.2. The van der Waals surface area contributed by atoms with E-state index in [2.05, 4.69) is 22.0 Å². The average Bonchev–Trinajstić information content (AvgIpc) is 2.63. The second kappa shape index (κ2) is 8.60. The van der Waals surface area contributed by atoms with Crippen LogP contribution in [0.3, 0.4) is 0 Å². The van der Waals surface area contributed by atoms with Gasteiger partial charge in [-0.05, 0) is 84.2 Å². The number of nitrogens with two attached hydrogens (primary N) is 1. The minimum absolute atomic E-state index is 0.474. The lowest BCUT2D eigenvalue weighted by atomic mass is 9.98. The first-order valence-corrected chi connectivity index (χ1v) is 10.6. The molecule has 0 aromatic heterocycles. The van der Waals surface area contributed by atoms with E-state index < -0.39 is 11.7 Å². The molecule has 0 radical (unpaired) electrons. The summed E-state index contributed by atoms with van der Waals surface area (Å²) in [7, 11) is 0. The zero-order chi connectivity index (χ0) is 20.3. The number of hydrogen-bond donors (Lipinski definition) is 2. The topological polar surface area (TPSA) is 70.8 Å². The predicted octanol–water partition coefficient (Wildman–Crippen LogP) is 4.38. The summed E-state index contributed by atoms with van der Waals surface area (Å²) in [6, 6.07) is 4.65. The number of aryl methyl sites for hydroxylation is 1. The molecule has 2 fully saturated rings. The van der Waals surface area contributed by atoms with E-state index in [9.17, 15) is 4.79 Å². The third kappa shape index (κ3) is 5.31. The number of likely N-dealkylation sites (tertiary alicyclic amines) is 1. The van der Waals surface area contributed by atoms with Crippen LogP contribution in [0.5, 0.6) is 0 Å². The van der Waals surface area contributed by atoms with Crippen molar-refractivity contribution in [2.75, 3.05) is 42.1 Å². The molecule has 3 N–H and O–H groups in total. The molecule has 6 heteroatoms. The fourth-order valence-electron chi connectivity index (χ4n) is 4.34. The van der Waals surface area contributed by atoms with Gasteiger partial charge in [0.2, 0.25) is 0 Å².